The Morgan fingerprint density at radius 1 is 1.27 bits per heavy atom. The number of fused-ring (bicyclic) bond motifs is 1. The molecule has 0 fully saturated rings. The SMILES string of the molecule is Cc1c(C(=O)Nc2cccc(C#N)c2)[nH]c2cc(Cl)ccc12. The lowest BCUT2D eigenvalue weighted by molar-refractivity contribution is 0.102. The Hall–Kier alpha value is -2.77. The van der Waals surface area contributed by atoms with Gasteiger partial charge in [0.2, 0.25) is 0 Å². The third-order valence-electron chi connectivity index (χ3n) is 3.50. The molecule has 1 aromatic heterocycles. The number of rotatable bonds is 2. The number of hydrogen-bond donors (Lipinski definition) is 2. The van der Waals surface area contributed by atoms with Crippen molar-refractivity contribution < 1.29 is 4.79 Å². The van der Waals surface area contributed by atoms with Crippen molar-refractivity contribution in [2.45, 2.75) is 6.92 Å². The molecule has 2 N–H and O–H groups in total. The van der Waals surface area contributed by atoms with Crippen LogP contribution in [0, 0.1) is 18.3 Å². The van der Waals surface area contributed by atoms with E-state index in [1.807, 2.05) is 19.1 Å². The number of carbonyl (C=O) groups excluding carboxylic acids is 1. The number of aromatic nitrogens is 1. The lowest BCUT2D eigenvalue weighted by atomic mass is 10.1. The summed E-state index contributed by atoms with van der Waals surface area (Å²) in [5.41, 5.74) is 3.25. The van der Waals surface area contributed by atoms with Crippen molar-refractivity contribution in [1.29, 1.82) is 5.26 Å². The first-order valence-electron chi connectivity index (χ1n) is 6.68. The smallest absolute Gasteiger partial charge is 0.272 e. The van der Waals surface area contributed by atoms with E-state index in [0.717, 1.165) is 16.5 Å². The second kappa shape index (κ2) is 5.55. The topological polar surface area (TPSA) is 68.7 Å². The lowest BCUT2D eigenvalue weighted by Gasteiger charge is -2.05. The molecule has 108 valence electrons. The molecule has 0 aliphatic carbocycles. The monoisotopic (exact) mass is 309 g/mol. The van der Waals surface area contributed by atoms with Crippen LogP contribution >= 0.6 is 11.6 Å². The van der Waals surface area contributed by atoms with E-state index in [1.165, 1.54) is 0 Å². The molecule has 0 radical (unpaired) electrons. The minimum Gasteiger partial charge on any atom is -0.350 e. The Morgan fingerprint density at radius 2 is 2.09 bits per heavy atom. The fourth-order valence-corrected chi connectivity index (χ4v) is 2.57. The number of halogens is 1. The third-order valence-corrected chi connectivity index (χ3v) is 3.73. The summed E-state index contributed by atoms with van der Waals surface area (Å²) < 4.78 is 0. The molecule has 2 aromatic carbocycles. The number of anilines is 1. The number of nitrogens with zero attached hydrogens (tertiary/aromatic N) is 1. The van der Waals surface area contributed by atoms with E-state index in [1.54, 1.807) is 36.4 Å². The normalized spacial score (nSPS) is 10.4. The number of nitrogens with one attached hydrogen (secondary N) is 2. The van der Waals surface area contributed by atoms with Gasteiger partial charge in [0.25, 0.3) is 5.91 Å². The number of carbonyl (C=O) groups is 1. The van der Waals surface area contributed by atoms with Crippen LogP contribution in [0.5, 0.6) is 0 Å². The zero-order chi connectivity index (χ0) is 15.7. The highest BCUT2D eigenvalue weighted by atomic mass is 35.5. The molecule has 4 nitrogen and oxygen atoms in total. The number of nitriles is 1. The van der Waals surface area contributed by atoms with Crippen molar-refractivity contribution in [2.24, 2.45) is 0 Å². The molecule has 0 atom stereocenters. The van der Waals surface area contributed by atoms with E-state index in [9.17, 15) is 4.79 Å². The van der Waals surface area contributed by atoms with Gasteiger partial charge in [-0.15, -0.1) is 0 Å². The van der Waals surface area contributed by atoms with E-state index >= 15 is 0 Å². The average molecular weight is 310 g/mol. The van der Waals surface area contributed by atoms with Gasteiger partial charge < -0.3 is 10.3 Å². The number of hydrogen-bond acceptors (Lipinski definition) is 2. The largest absolute Gasteiger partial charge is 0.350 e. The van der Waals surface area contributed by atoms with Crippen molar-refractivity contribution in [2.75, 3.05) is 5.32 Å². The highest BCUT2D eigenvalue weighted by Crippen LogP contribution is 2.25. The lowest BCUT2D eigenvalue weighted by Crippen LogP contribution is -2.13. The molecule has 0 spiro atoms. The molecular formula is C17H12ClN3O. The zero-order valence-corrected chi connectivity index (χ0v) is 12.5. The average Bonchev–Trinajstić information content (AvgIpc) is 2.84. The van der Waals surface area contributed by atoms with Gasteiger partial charge in [-0.1, -0.05) is 23.7 Å². The van der Waals surface area contributed by atoms with Gasteiger partial charge in [-0.05, 0) is 42.8 Å². The first-order valence-corrected chi connectivity index (χ1v) is 7.05. The summed E-state index contributed by atoms with van der Waals surface area (Å²) in [5.74, 6) is -0.250. The molecule has 0 saturated heterocycles. The van der Waals surface area contributed by atoms with Gasteiger partial charge in [0.1, 0.15) is 5.69 Å². The molecule has 0 unspecified atom stereocenters. The summed E-state index contributed by atoms with van der Waals surface area (Å²) in [4.78, 5) is 15.5. The Bertz CT molecular complexity index is 921. The number of aryl methyl sites for hydroxylation is 1. The van der Waals surface area contributed by atoms with Gasteiger partial charge in [0, 0.05) is 21.6 Å². The zero-order valence-electron chi connectivity index (χ0n) is 11.8. The number of amides is 1. The Balaban J connectivity index is 1.95. The van der Waals surface area contributed by atoms with Crippen molar-refractivity contribution in [3.8, 4) is 6.07 Å². The minimum atomic E-state index is -0.250. The molecule has 22 heavy (non-hydrogen) atoms. The van der Waals surface area contributed by atoms with Gasteiger partial charge in [-0.3, -0.25) is 4.79 Å². The Labute approximate surface area is 132 Å². The summed E-state index contributed by atoms with van der Waals surface area (Å²) in [6.07, 6.45) is 0. The summed E-state index contributed by atoms with van der Waals surface area (Å²) >= 11 is 5.97. The van der Waals surface area contributed by atoms with Crippen LogP contribution in [-0.2, 0) is 0 Å². The standard InChI is InChI=1S/C17H12ClN3O/c1-10-14-6-5-12(18)8-15(14)21-16(10)17(22)20-13-4-2-3-11(7-13)9-19/h2-8,21H,1H3,(H,20,22). The maximum Gasteiger partial charge on any atom is 0.272 e. The summed E-state index contributed by atoms with van der Waals surface area (Å²) in [6, 6.07) is 14.3. The summed E-state index contributed by atoms with van der Waals surface area (Å²) in [6.45, 7) is 1.88. The molecular weight excluding hydrogens is 298 g/mol. The number of aromatic amines is 1. The fourth-order valence-electron chi connectivity index (χ4n) is 2.40. The maximum atomic E-state index is 12.4. The quantitative estimate of drug-likeness (QED) is 0.743. The van der Waals surface area contributed by atoms with E-state index in [-0.39, 0.29) is 5.91 Å². The van der Waals surface area contributed by atoms with E-state index in [0.29, 0.717) is 22.0 Å². The van der Waals surface area contributed by atoms with Crippen LogP contribution in [0.2, 0.25) is 5.02 Å². The van der Waals surface area contributed by atoms with Crippen LogP contribution in [0.3, 0.4) is 0 Å². The van der Waals surface area contributed by atoms with Crippen molar-refractivity contribution in [3.63, 3.8) is 0 Å². The first kappa shape index (κ1) is 14.2. The minimum absolute atomic E-state index is 0.250. The summed E-state index contributed by atoms with van der Waals surface area (Å²) in [5, 5.41) is 13.3. The molecule has 1 heterocycles. The van der Waals surface area contributed by atoms with Gasteiger partial charge in [0.05, 0.1) is 11.6 Å². The molecule has 0 aliphatic rings. The fraction of sp³-hybridized carbons (Fsp3) is 0.0588. The van der Waals surface area contributed by atoms with E-state index in [4.69, 9.17) is 16.9 Å². The first-order chi connectivity index (χ1) is 10.6. The number of H-pyrrole nitrogens is 1. The van der Waals surface area contributed by atoms with E-state index < -0.39 is 0 Å². The van der Waals surface area contributed by atoms with Crippen LogP contribution in [0.4, 0.5) is 5.69 Å². The third kappa shape index (κ3) is 2.54. The second-order valence-electron chi connectivity index (χ2n) is 4.96. The predicted molar refractivity (Wildman–Crippen MR) is 87.2 cm³/mol. The van der Waals surface area contributed by atoms with Crippen LogP contribution in [-0.4, -0.2) is 10.9 Å². The van der Waals surface area contributed by atoms with Crippen molar-refractivity contribution in [1.82, 2.24) is 4.98 Å². The molecule has 0 aliphatic heterocycles. The van der Waals surface area contributed by atoms with Crippen LogP contribution < -0.4 is 5.32 Å². The molecule has 3 aromatic rings. The van der Waals surface area contributed by atoms with E-state index in [2.05, 4.69) is 10.3 Å². The molecule has 5 heteroatoms. The Kier molecular flexibility index (Phi) is 3.58. The van der Waals surface area contributed by atoms with Gasteiger partial charge >= 0.3 is 0 Å². The van der Waals surface area contributed by atoms with Crippen molar-refractivity contribution >= 4 is 34.1 Å². The van der Waals surface area contributed by atoms with Crippen LogP contribution in [0.15, 0.2) is 42.5 Å². The number of benzene rings is 2. The highest BCUT2D eigenvalue weighted by molar-refractivity contribution is 6.31. The molecule has 0 saturated carbocycles. The Morgan fingerprint density at radius 3 is 2.86 bits per heavy atom. The van der Waals surface area contributed by atoms with Crippen LogP contribution in [0.25, 0.3) is 10.9 Å². The summed E-state index contributed by atoms with van der Waals surface area (Å²) in [7, 11) is 0. The van der Waals surface area contributed by atoms with Gasteiger partial charge in [-0.25, -0.2) is 0 Å². The van der Waals surface area contributed by atoms with Crippen molar-refractivity contribution in [3.05, 3.63) is 64.3 Å². The second-order valence-corrected chi connectivity index (χ2v) is 5.40. The molecule has 0 bridgehead atoms. The predicted octanol–water partition coefficient (Wildman–Crippen LogP) is 4.25. The maximum absolute atomic E-state index is 12.4. The van der Waals surface area contributed by atoms with Crippen LogP contribution in [0.1, 0.15) is 21.6 Å². The molecule has 1 amide bonds. The van der Waals surface area contributed by atoms with Gasteiger partial charge in [0.15, 0.2) is 0 Å². The van der Waals surface area contributed by atoms with Gasteiger partial charge in [-0.2, -0.15) is 5.26 Å². The highest BCUT2D eigenvalue weighted by Gasteiger charge is 2.15. The molecule has 3 rings (SSSR count).